The monoisotopic (exact) mass is 298 g/mol. The smallest absolute Gasteiger partial charge is 0.230 e. The third-order valence-electron chi connectivity index (χ3n) is 2.89. The molecule has 0 aliphatic heterocycles. The van der Waals surface area contributed by atoms with E-state index in [4.69, 9.17) is 0 Å². The molecule has 1 aromatic carbocycles. The minimum atomic E-state index is -0.0861. The number of amides is 1. The average Bonchev–Trinajstić information content (AvgIpc) is 3.09. The molecule has 0 spiro atoms. The van der Waals surface area contributed by atoms with Gasteiger partial charge in [0.25, 0.3) is 0 Å². The maximum absolute atomic E-state index is 12.0. The van der Waals surface area contributed by atoms with Crippen molar-refractivity contribution in [2.75, 3.05) is 5.32 Å². The van der Waals surface area contributed by atoms with Gasteiger partial charge >= 0.3 is 0 Å². The molecule has 21 heavy (non-hydrogen) atoms. The molecule has 5 nitrogen and oxygen atoms in total. The number of nitrogens with one attached hydrogen (secondary N) is 1. The number of hydrogen-bond donors (Lipinski definition) is 1. The quantitative estimate of drug-likeness (QED) is 0.805. The number of benzene rings is 1. The van der Waals surface area contributed by atoms with Gasteiger partial charge in [-0.2, -0.15) is 5.10 Å². The van der Waals surface area contributed by atoms with Crippen LogP contribution in [0.1, 0.15) is 11.3 Å². The second-order valence-electron chi connectivity index (χ2n) is 4.65. The maximum Gasteiger partial charge on any atom is 0.230 e. The number of aromatic nitrogens is 3. The van der Waals surface area contributed by atoms with Gasteiger partial charge in [0, 0.05) is 11.6 Å². The number of anilines is 1. The Balaban J connectivity index is 1.66. The Morgan fingerprint density at radius 2 is 2.14 bits per heavy atom. The first-order valence-electron chi connectivity index (χ1n) is 6.51. The highest BCUT2D eigenvalue weighted by Crippen LogP contribution is 2.15. The highest BCUT2D eigenvalue weighted by Gasteiger charge is 2.08. The molecule has 0 unspecified atom stereocenters. The zero-order chi connectivity index (χ0) is 14.7. The lowest BCUT2D eigenvalue weighted by Crippen LogP contribution is -2.13. The van der Waals surface area contributed by atoms with Gasteiger partial charge in [0.05, 0.1) is 24.0 Å². The second kappa shape index (κ2) is 5.88. The van der Waals surface area contributed by atoms with E-state index in [0.717, 1.165) is 16.9 Å². The summed E-state index contributed by atoms with van der Waals surface area (Å²) in [5.74, 6) is -0.0861. The second-order valence-corrected chi connectivity index (χ2v) is 5.51. The highest BCUT2D eigenvalue weighted by molar-refractivity contribution is 7.13. The zero-order valence-corrected chi connectivity index (χ0v) is 12.3. The van der Waals surface area contributed by atoms with E-state index >= 15 is 0 Å². The lowest BCUT2D eigenvalue weighted by Gasteiger charge is -2.00. The first kappa shape index (κ1) is 13.5. The molecule has 106 valence electrons. The van der Waals surface area contributed by atoms with Crippen LogP contribution in [0.4, 0.5) is 5.13 Å². The van der Waals surface area contributed by atoms with Crippen LogP contribution >= 0.6 is 11.3 Å². The summed E-state index contributed by atoms with van der Waals surface area (Å²) in [4.78, 5) is 16.2. The van der Waals surface area contributed by atoms with Gasteiger partial charge in [-0.25, -0.2) is 9.67 Å². The molecule has 3 rings (SSSR count). The predicted molar refractivity (Wildman–Crippen MR) is 82.7 cm³/mol. The molecule has 0 saturated heterocycles. The van der Waals surface area contributed by atoms with Crippen LogP contribution in [-0.4, -0.2) is 20.7 Å². The van der Waals surface area contributed by atoms with Gasteiger partial charge in [0.1, 0.15) is 0 Å². The topological polar surface area (TPSA) is 59.8 Å². The Kier molecular flexibility index (Phi) is 3.79. The van der Waals surface area contributed by atoms with E-state index in [0.29, 0.717) is 5.13 Å². The summed E-state index contributed by atoms with van der Waals surface area (Å²) in [6.45, 7) is 1.90. The van der Waals surface area contributed by atoms with Crippen molar-refractivity contribution in [1.82, 2.24) is 14.8 Å². The lowest BCUT2D eigenvalue weighted by molar-refractivity contribution is -0.115. The molecule has 0 aliphatic carbocycles. The van der Waals surface area contributed by atoms with Crippen LogP contribution in [0.3, 0.4) is 0 Å². The lowest BCUT2D eigenvalue weighted by atomic mass is 10.2. The molecule has 1 N–H and O–H groups in total. The third kappa shape index (κ3) is 3.35. The van der Waals surface area contributed by atoms with Gasteiger partial charge < -0.3 is 5.32 Å². The summed E-state index contributed by atoms with van der Waals surface area (Å²) < 4.78 is 1.76. The molecule has 1 amide bonds. The normalized spacial score (nSPS) is 10.5. The first-order valence-corrected chi connectivity index (χ1v) is 7.39. The maximum atomic E-state index is 12.0. The fourth-order valence-electron chi connectivity index (χ4n) is 1.93. The molecule has 0 fully saturated rings. The van der Waals surface area contributed by atoms with Crippen molar-refractivity contribution in [3.8, 4) is 5.69 Å². The van der Waals surface area contributed by atoms with E-state index in [1.807, 2.05) is 48.8 Å². The fourth-order valence-corrected chi connectivity index (χ4v) is 2.64. The first-order chi connectivity index (χ1) is 10.2. The largest absolute Gasteiger partial charge is 0.302 e. The number of rotatable bonds is 4. The Morgan fingerprint density at radius 3 is 2.86 bits per heavy atom. The van der Waals surface area contributed by atoms with Crippen LogP contribution < -0.4 is 5.32 Å². The van der Waals surface area contributed by atoms with Crippen molar-refractivity contribution in [2.45, 2.75) is 13.3 Å². The van der Waals surface area contributed by atoms with E-state index < -0.39 is 0 Å². The van der Waals surface area contributed by atoms with Gasteiger partial charge in [-0.3, -0.25) is 4.79 Å². The summed E-state index contributed by atoms with van der Waals surface area (Å²) in [6, 6.07) is 9.80. The zero-order valence-electron chi connectivity index (χ0n) is 11.5. The van der Waals surface area contributed by atoms with Crippen LogP contribution in [-0.2, 0) is 11.2 Å². The van der Waals surface area contributed by atoms with E-state index in [9.17, 15) is 4.79 Å². The summed E-state index contributed by atoms with van der Waals surface area (Å²) in [5.41, 5.74) is 2.75. The fraction of sp³-hybridized carbons (Fsp3) is 0.133. The van der Waals surface area contributed by atoms with Crippen molar-refractivity contribution in [3.63, 3.8) is 0 Å². The minimum absolute atomic E-state index is 0.0861. The SMILES string of the molecule is Cc1csc(NC(=O)Cc2cnn(-c3ccccc3)c2)n1. The number of hydrogen-bond acceptors (Lipinski definition) is 4. The van der Waals surface area contributed by atoms with E-state index in [1.54, 1.807) is 10.9 Å². The van der Waals surface area contributed by atoms with Gasteiger partial charge in [0.2, 0.25) is 5.91 Å². The summed E-state index contributed by atoms with van der Waals surface area (Å²) in [6.07, 6.45) is 3.85. The van der Waals surface area contributed by atoms with Gasteiger partial charge in [0.15, 0.2) is 5.13 Å². The number of aryl methyl sites for hydroxylation is 1. The van der Waals surface area contributed by atoms with Crippen LogP contribution in [0, 0.1) is 6.92 Å². The number of para-hydroxylation sites is 1. The van der Waals surface area contributed by atoms with Crippen molar-refractivity contribution in [1.29, 1.82) is 0 Å². The Bertz CT molecular complexity index is 748. The molecule has 0 bridgehead atoms. The minimum Gasteiger partial charge on any atom is -0.302 e. The molecular formula is C15H14N4OS. The van der Waals surface area contributed by atoms with Crippen molar-refractivity contribution >= 4 is 22.4 Å². The average molecular weight is 298 g/mol. The third-order valence-corrected chi connectivity index (χ3v) is 3.76. The van der Waals surface area contributed by atoms with Gasteiger partial charge in [-0.15, -0.1) is 11.3 Å². The number of carbonyl (C=O) groups excluding carboxylic acids is 1. The van der Waals surface area contributed by atoms with Crippen LogP contribution in [0.2, 0.25) is 0 Å². The Hall–Kier alpha value is -2.47. The molecule has 6 heteroatoms. The Morgan fingerprint density at radius 1 is 1.33 bits per heavy atom. The van der Waals surface area contributed by atoms with Crippen molar-refractivity contribution < 1.29 is 4.79 Å². The standard InChI is InChI=1S/C15H14N4OS/c1-11-10-21-15(17-11)18-14(20)7-12-8-16-19(9-12)13-5-3-2-4-6-13/h2-6,8-10H,7H2,1H3,(H,17,18,20). The molecule has 0 radical (unpaired) electrons. The van der Waals surface area contributed by atoms with E-state index in [-0.39, 0.29) is 12.3 Å². The molecule has 2 heterocycles. The summed E-state index contributed by atoms with van der Waals surface area (Å²) in [5, 5.41) is 9.60. The van der Waals surface area contributed by atoms with Gasteiger partial charge in [-0.05, 0) is 24.6 Å². The van der Waals surface area contributed by atoms with Gasteiger partial charge in [-0.1, -0.05) is 18.2 Å². The van der Waals surface area contributed by atoms with Crippen molar-refractivity contribution in [3.05, 3.63) is 59.4 Å². The molecule has 0 aliphatic rings. The van der Waals surface area contributed by atoms with Crippen LogP contribution in [0.15, 0.2) is 48.1 Å². The number of thiazole rings is 1. The summed E-state index contributed by atoms with van der Waals surface area (Å²) >= 11 is 1.43. The van der Waals surface area contributed by atoms with Crippen LogP contribution in [0.5, 0.6) is 0 Å². The Labute approximate surface area is 126 Å². The highest BCUT2D eigenvalue weighted by atomic mass is 32.1. The van der Waals surface area contributed by atoms with Crippen LogP contribution in [0.25, 0.3) is 5.69 Å². The molecule has 2 aromatic heterocycles. The van der Waals surface area contributed by atoms with E-state index in [1.165, 1.54) is 11.3 Å². The summed E-state index contributed by atoms with van der Waals surface area (Å²) in [7, 11) is 0. The van der Waals surface area contributed by atoms with Crippen molar-refractivity contribution in [2.24, 2.45) is 0 Å². The molecule has 3 aromatic rings. The molecule has 0 saturated carbocycles. The predicted octanol–water partition coefficient (Wildman–Crippen LogP) is 2.82. The molecule has 0 atom stereocenters. The number of nitrogens with zero attached hydrogens (tertiary/aromatic N) is 3. The van der Waals surface area contributed by atoms with E-state index in [2.05, 4.69) is 15.4 Å². The molecular weight excluding hydrogens is 284 g/mol. The number of carbonyl (C=O) groups is 1.